The molecule has 1 aromatic heterocycles. The highest BCUT2D eigenvalue weighted by Gasteiger charge is 2.03. The fourth-order valence-corrected chi connectivity index (χ4v) is 2.47. The lowest BCUT2D eigenvalue weighted by Gasteiger charge is -2.09. The highest BCUT2D eigenvalue weighted by Crippen LogP contribution is 2.26. The number of nitrogens with zero attached hydrogens (tertiary/aromatic N) is 1. The maximum Gasteiger partial charge on any atom is 0.0934 e. The summed E-state index contributed by atoms with van der Waals surface area (Å²) in [7, 11) is 0. The predicted octanol–water partition coefficient (Wildman–Crippen LogP) is 5.27. The van der Waals surface area contributed by atoms with E-state index in [1.807, 2.05) is 30.5 Å². The summed E-state index contributed by atoms with van der Waals surface area (Å²) in [6.45, 7) is 3.22. The maximum atomic E-state index is 6.14. The predicted molar refractivity (Wildman–Crippen MR) is 84.0 cm³/mol. The Kier molecular flexibility index (Phi) is 5.46. The minimum atomic E-state index is 0.758. The van der Waals surface area contributed by atoms with Crippen LogP contribution in [0.3, 0.4) is 0 Å². The van der Waals surface area contributed by atoms with E-state index in [1.54, 1.807) is 0 Å². The number of aromatic nitrogens is 1. The number of anilines is 1. The molecule has 0 radical (unpaired) electrons. The van der Waals surface area contributed by atoms with Crippen LogP contribution in [0.4, 0.5) is 5.69 Å². The summed E-state index contributed by atoms with van der Waals surface area (Å²) in [5.41, 5.74) is 2.04. The van der Waals surface area contributed by atoms with E-state index in [9.17, 15) is 0 Å². The molecule has 2 aromatic rings. The first-order valence-corrected chi connectivity index (χ1v) is 7.47. The van der Waals surface area contributed by atoms with Gasteiger partial charge in [-0.25, -0.2) is 0 Å². The maximum absolute atomic E-state index is 6.14. The average molecular weight is 277 g/mol. The zero-order chi connectivity index (χ0) is 13.5. The SMILES string of the molecule is CCCCCCCNc1cc(Cl)cc2cccnc12. The molecule has 0 bridgehead atoms. The Morgan fingerprint density at radius 3 is 2.84 bits per heavy atom. The molecule has 1 heterocycles. The van der Waals surface area contributed by atoms with Gasteiger partial charge in [0.15, 0.2) is 0 Å². The topological polar surface area (TPSA) is 24.9 Å². The molecule has 0 saturated carbocycles. The summed E-state index contributed by atoms with van der Waals surface area (Å²) in [6.07, 6.45) is 8.25. The largest absolute Gasteiger partial charge is 0.383 e. The van der Waals surface area contributed by atoms with Gasteiger partial charge in [-0.3, -0.25) is 4.98 Å². The van der Waals surface area contributed by atoms with Crippen molar-refractivity contribution in [2.45, 2.75) is 39.0 Å². The molecule has 2 nitrogen and oxygen atoms in total. The molecule has 19 heavy (non-hydrogen) atoms. The third-order valence-corrected chi connectivity index (χ3v) is 3.48. The summed E-state index contributed by atoms with van der Waals surface area (Å²) in [6, 6.07) is 7.90. The highest BCUT2D eigenvalue weighted by molar-refractivity contribution is 6.31. The van der Waals surface area contributed by atoms with Crippen LogP contribution in [0.5, 0.6) is 0 Å². The van der Waals surface area contributed by atoms with Crippen molar-refractivity contribution < 1.29 is 0 Å². The Morgan fingerprint density at radius 1 is 1.16 bits per heavy atom. The van der Waals surface area contributed by atoms with Gasteiger partial charge < -0.3 is 5.32 Å². The minimum Gasteiger partial charge on any atom is -0.383 e. The van der Waals surface area contributed by atoms with Gasteiger partial charge in [-0.05, 0) is 24.6 Å². The van der Waals surface area contributed by atoms with Crippen molar-refractivity contribution in [3.05, 3.63) is 35.5 Å². The second-order valence-corrected chi connectivity index (χ2v) is 5.31. The first-order chi connectivity index (χ1) is 9.31. The molecule has 0 fully saturated rings. The summed E-state index contributed by atoms with van der Waals surface area (Å²) in [5.74, 6) is 0. The van der Waals surface area contributed by atoms with Crippen molar-refractivity contribution in [3.63, 3.8) is 0 Å². The van der Waals surface area contributed by atoms with Gasteiger partial charge in [-0.1, -0.05) is 50.3 Å². The lowest BCUT2D eigenvalue weighted by molar-refractivity contribution is 0.645. The molecule has 0 aliphatic heterocycles. The van der Waals surface area contributed by atoms with Gasteiger partial charge >= 0.3 is 0 Å². The van der Waals surface area contributed by atoms with Crippen LogP contribution in [0.15, 0.2) is 30.5 Å². The van der Waals surface area contributed by atoms with Gasteiger partial charge in [0, 0.05) is 23.2 Å². The fraction of sp³-hybridized carbons (Fsp3) is 0.438. The number of benzene rings is 1. The molecule has 0 spiro atoms. The summed E-state index contributed by atoms with van der Waals surface area (Å²) >= 11 is 6.14. The Labute approximate surface area is 120 Å². The lowest BCUT2D eigenvalue weighted by atomic mass is 10.1. The normalized spacial score (nSPS) is 10.8. The Hall–Kier alpha value is -1.28. The second-order valence-electron chi connectivity index (χ2n) is 4.87. The van der Waals surface area contributed by atoms with Crippen molar-refractivity contribution in [1.29, 1.82) is 0 Å². The van der Waals surface area contributed by atoms with E-state index in [2.05, 4.69) is 17.2 Å². The van der Waals surface area contributed by atoms with Gasteiger partial charge in [-0.15, -0.1) is 0 Å². The van der Waals surface area contributed by atoms with Crippen molar-refractivity contribution in [2.75, 3.05) is 11.9 Å². The third-order valence-electron chi connectivity index (χ3n) is 3.27. The lowest BCUT2D eigenvalue weighted by Crippen LogP contribution is -2.02. The van der Waals surface area contributed by atoms with Crippen LogP contribution < -0.4 is 5.32 Å². The van der Waals surface area contributed by atoms with Crippen LogP contribution in [0.25, 0.3) is 10.9 Å². The standard InChI is InChI=1S/C16H21ClN2/c1-2-3-4-5-6-9-18-15-12-14(17)11-13-8-7-10-19-16(13)15/h7-8,10-12,18H,2-6,9H2,1H3. The number of hydrogen-bond acceptors (Lipinski definition) is 2. The van der Waals surface area contributed by atoms with Gasteiger partial charge in [0.1, 0.15) is 0 Å². The zero-order valence-electron chi connectivity index (χ0n) is 11.5. The van der Waals surface area contributed by atoms with Crippen LogP contribution >= 0.6 is 11.6 Å². The number of nitrogens with one attached hydrogen (secondary N) is 1. The molecule has 0 unspecified atom stereocenters. The van der Waals surface area contributed by atoms with Crippen molar-refractivity contribution in [1.82, 2.24) is 4.98 Å². The smallest absolute Gasteiger partial charge is 0.0934 e. The Balaban J connectivity index is 1.96. The first kappa shape index (κ1) is 14.1. The Bertz CT molecular complexity index is 525. The van der Waals surface area contributed by atoms with E-state index in [0.717, 1.165) is 28.2 Å². The molecule has 0 atom stereocenters. The highest BCUT2D eigenvalue weighted by atomic mass is 35.5. The van der Waals surface area contributed by atoms with Crippen LogP contribution in [0.2, 0.25) is 5.02 Å². The second kappa shape index (κ2) is 7.34. The van der Waals surface area contributed by atoms with E-state index in [1.165, 1.54) is 32.1 Å². The average Bonchev–Trinajstić information content (AvgIpc) is 2.42. The summed E-state index contributed by atoms with van der Waals surface area (Å²) < 4.78 is 0. The van der Waals surface area contributed by atoms with Gasteiger partial charge in [0.2, 0.25) is 0 Å². The van der Waals surface area contributed by atoms with Crippen LogP contribution in [-0.2, 0) is 0 Å². The van der Waals surface area contributed by atoms with Crippen LogP contribution in [-0.4, -0.2) is 11.5 Å². The van der Waals surface area contributed by atoms with Gasteiger partial charge in [0.05, 0.1) is 11.2 Å². The number of pyridine rings is 1. The van der Waals surface area contributed by atoms with E-state index in [4.69, 9.17) is 11.6 Å². The zero-order valence-corrected chi connectivity index (χ0v) is 12.2. The number of halogens is 1. The molecular formula is C16H21ClN2. The van der Waals surface area contributed by atoms with Crippen LogP contribution in [0, 0.1) is 0 Å². The third kappa shape index (κ3) is 4.10. The first-order valence-electron chi connectivity index (χ1n) is 7.09. The van der Waals surface area contributed by atoms with E-state index < -0.39 is 0 Å². The molecule has 0 aliphatic rings. The fourth-order valence-electron chi connectivity index (χ4n) is 2.24. The molecule has 0 amide bonds. The molecule has 102 valence electrons. The van der Waals surface area contributed by atoms with E-state index in [0.29, 0.717) is 0 Å². The quantitative estimate of drug-likeness (QED) is 0.697. The molecule has 3 heteroatoms. The van der Waals surface area contributed by atoms with E-state index >= 15 is 0 Å². The monoisotopic (exact) mass is 276 g/mol. The van der Waals surface area contributed by atoms with Crippen molar-refractivity contribution >= 4 is 28.2 Å². The van der Waals surface area contributed by atoms with Gasteiger partial charge in [-0.2, -0.15) is 0 Å². The van der Waals surface area contributed by atoms with E-state index in [-0.39, 0.29) is 0 Å². The van der Waals surface area contributed by atoms with Crippen molar-refractivity contribution in [3.8, 4) is 0 Å². The number of rotatable bonds is 7. The number of unbranched alkanes of at least 4 members (excludes halogenated alkanes) is 4. The van der Waals surface area contributed by atoms with Crippen LogP contribution in [0.1, 0.15) is 39.0 Å². The molecule has 0 aliphatic carbocycles. The summed E-state index contributed by atoms with van der Waals surface area (Å²) in [4.78, 5) is 4.43. The molecule has 1 aromatic carbocycles. The molecule has 0 saturated heterocycles. The minimum absolute atomic E-state index is 0.758. The molecule has 1 N–H and O–H groups in total. The number of fused-ring (bicyclic) bond motifs is 1. The summed E-state index contributed by atoms with van der Waals surface area (Å²) in [5, 5.41) is 5.30. The van der Waals surface area contributed by atoms with Crippen molar-refractivity contribution in [2.24, 2.45) is 0 Å². The Morgan fingerprint density at radius 2 is 2.00 bits per heavy atom. The molecular weight excluding hydrogens is 256 g/mol. The molecule has 2 rings (SSSR count). The number of hydrogen-bond donors (Lipinski definition) is 1. The van der Waals surface area contributed by atoms with Gasteiger partial charge in [0.25, 0.3) is 0 Å².